The number of rotatable bonds is 5. The molecular weight excluding hydrogens is 240 g/mol. The smallest absolute Gasteiger partial charge is 0.259 e. The predicted octanol–water partition coefficient (Wildman–Crippen LogP) is 1.53. The number of halogens is 1. The average Bonchev–Trinajstić information content (AvgIpc) is 2.27. The van der Waals surface area contributed by atoms with Crippen LogP contribution in [-0.4, -0.2) is 38.6 Å². The molecule has 0 saturated carbocycles. The van der Waals surface area contributed by atoms with Crippen molar-refractivity contribution in [2.75, 3.05) is 27.7 Å². The number of carbonyl (C=O) groups is 1. The summed E-state index contributed by atoms with van der Waals surface area (Å²) >= 11 is 6.05. The molecule has 0 heterocycles. The molecule has 17 heavy (non-hydrogen) atoms. The molecule has 4 nitrogen and oxygen atoms in total. The molecule has 0 aromatic heterocycles. The number of carbonyl (C=O) groups excluding carboxylic acids is 1. The summed E-state index contributed by atoms with van der Waals surface area (Å²) in [4.78, 5) is 12.8. The van der Waals surface area contributed by atoms with Crippen molar-refractivity contribution < 1.29 is 9.53 Å². The van der Waals surface area contributed by atoms with Crippen LogP contribution in [0.1, 0.15) is 5.56 Å². The first kappa shape index (κ1) is 13.8. The normalized spacial score (nSPS) is 10.1. The third-order valence-corrected chi connectivity index (χ3v) is 2.52. The van der Waals surface area contributed by atoms with Crippen LogP contribution in [0.25, 0.3) is 0 Å². The zero-order chi connectivity index (χ0) is 12.8. The van der Waals surface area contributed by atoms with Crippen molar-refractivity contribution in [1.82, 2.24) is 10.2 Å². The summed E-state index contributed by atoms with van der Waals surface area (Å²) in [5.41, 5.74) is 1.07. The molecule has 1 aromatic rings. The fourth-order valence-electron chi connectivity index (χ4n) is 1.24. The lowest BCUT2D eigenvalue weighted by Gasteiger charge is -2.12. The van der Waals surface area contributed by atoms with Crippen LogP contribution in [0, 0.1) is 0 Å². The van der Waals surface area contributed by atoms with Crippen molar-refractivity contribution >= 4 is 17.5 Å². The monoisotopic (exact) mass is 256 g/mol. The van der Waals surface area contributed by atoms with Gasteiger partial charge in [0, 0.05) is 20.6 Å². The van der Waals surface area contributed by atoms with Crippen molar-refractivity contribution in [3.8, 4) is 5.75 Å². The minimum Gasteiger partial charge on any atom is -0.482 e. The molecule has 0 atom stereocenters. The number of hydrogen-bond acceptors (Lipinski definition) is 3. The second kappa shape index (κ2) is 6.47. The van der Waals surface area contributed by atoms with E-state index < -0.39 is 0 Å². The number of ether oxygens (including phenoxy) is 1. The third-order valence-electron chi connectivity index (χ3n) is 2.23. The molecule has 0 bridgehead atoms. The molecule has 0 saturated heterocycles. The first-order valence-corrected chi connectivity index (χ1v) is 5.68. The number of benzene rings is 1. The van der Waals surface area contributed by atoms with E-state index in [1.54, 1.807) is 20.2 Å². The van der Waals surface area contributed by atoms with Gasteiger partial charge in [-0.3, -0.25) is 4.79 Å². The van der Waals surface area contributed by atoms with Gasteiger partial charge in [-0.1, -0.05) is 17.7 Å². The maximum atomic E-state index is 11.3. The molecule has 0 fully saturated rings. The molecule has 1 rings (SSSR count). The Balaban J connectivity index is 2.63. The molecule has 94 valence electrons. The van der Waals surface area contributed by atoms with Gasteiger partial charge < -0.3 is 15.0 Å². The molecule has 0 aliphatic heterocycles. The van der Waals surface area contributed by atoms with E-state index >= 15 is 0 Å². The average molecular weight is 257 g/mol. The van der Waals surface area contributed by atoms with Gasteiger partial charge in [0.25, 0.3) is 5.91 Å². The van der Waals surface area contributed by atoms with Gasteiger partial charge in [0.2, 0.25) is 0 Å². The Hall–Kier alpha value is -1.26. The van der Waals surface area contributed by atoms with Gasteiger partial charge >= 0.3 is 0 Å². The van der Waals surface area contributed by atoms with Crippen LogP contribution >= 0.6 is 11.6 Å². The minimum absolute atomic E-state index is 0.00189. The van der Waals surface area contributed by atoms with Crippen molar-refractivity contribution in [3.63, 3.8) is 0 Å². The molecule has 1 amide bonds. The highest BCUT2D eigenvalue weighted by molar-refractivity contribution is 6.32. The number of nitrogens with one attached hydrogen (secondary N) is 1. The number of hydrogen-bond donors (Lipinski definition) is 1. The molecule has 0 radical (unpaired) electrons. The van der Waals surface area contributed by atoms with Crippen molar-refractivity contribution in [2.45, 2.75) is 6.54 Å². The van der Waals surface area contributed by atoms with Crippen molar-refractivity contribution in [3.05, 3.63) is 28.8 Å². The Labute approximate surface area is 107 Å². The zero-order valence-electron chi connectivity index (χ0n) is 10.3. The van der Waals surface area contributed by atoms with E-state index in [0.717, 1.165) is 12.1 Å². The maximum absolute atomic E-state index is 11.3. The van der Waals surface area contributed by atoms with E-state index in [1.807, 2.05) is 19.2 Å². The summed E-state index contributed by atoms with van der Waals surface area (Å²) < 4.78 is 5.35. The fraction of sp³-hybridized carbons (Fsp3) is 0.417. The van der Waals surface area contributed by atoms with Gasteiger partial charge in [-0.05, 0) is 24.7 Å². The molecule has 1 N–H and O–H groups in total. The van der Waals surface area contributed by atoms with E-state index in [-0.39, 0.29) is 12.5 Å². The van der Waals surface area contributed by atoms with Crippen LogP contribution in [0.15, 0.2) is 18.2 Å². The molecule has 0 aliphatic carbocycles. The summed E-state index contributed by atoms with van der Waals surface area (Å²) in [6.45, 7) is 0.745. The maximum Gasteiger partial charge on any atom is 0.259 e. The third kappa shape index (κ3) is 4.24. The number of likely N-dealkylation sites (N-methyl/N-ethyl adjacent to an activating group) is 1. The van der Waals surface area contributed by atoms with Gasteiger partial charge in [-0.25, -0.2) is 0 Å². The molecule has 0 spiro atoms. The number of amides is 1. The SMILES string of the molecule is CNCc1ccc(OCC(=O)N(C)C)c(Cl)c1. The van der Waals surface area contributed by atoms with Gasteiger partial charge in [-0.2, -0.15) is 0 Å². The van der Waals surface area contributed by atoms with Crippen LogP contribution in [0.2, 0.25) is 5.02 Å². The largest absolute Gasteiger partial charge is 0.482 e. The highest BCUT2D eigenvalue weighted by Crippen LogP contribution is 2.25. The quantitative estimate of drug-likeness (QED) is 0.869. The minimum atomic E-state index is -0.0969. The second-order valence-electron chi connectivity index (χ2n) is 3.87. The lowest BCUT2D eigenvalue weighted by atomic mass is 10.2. The Morgan fingerprint density at radius 2 is 2.18 bits per heavy atom. The number of nitrogens with zero attached hydrogens (tertiary/aromatic N) is 1. The van der Waals surface area contributed by atoms with Crippen LogP contribution in [0.3, 0.4) is 0 Å². The topological polar surface area (TPSA) is 41.6 Å². The standard InChI is InChI=1S/C12H17ClN2O2/c1-14-7-9-4-5-11(10(13)6-9)17-8-12(16)15(2)3/h4-6,14H,7-8H2,1-3H3. The van der Waals surface area contributed by atoms with Gasteiger partial charge in [0.05, 0.1) is 5.02 Å². The molecule has 1 aromatic carbocycles. The van der Waals surface area contributed by atoms with Crippen molar-refractivity contribution in [2.24, 2.45) is 0 Å². The van der Waals surface area contributed by atoms with Gasteiger partial charge in [-0.15, -0.1) is 0 Å². The molecule has 0 aliphatic rings. The summed E-state index contributed by atoms with van der Waals surface area (Å²) in [7, 11) is 5.24. The highest BCUT2D eigenvalue weighted by Gasteiger charge is 2.07. The summed E-state index contributed by atoms with van der Waals surface area (Å²) in [5.74, 6) is 0.432. The summed E-state index contributed by atoms with van der Waals surface area (Å²) in [5, 5.41) is 3.55. The lowest BCUT2D eigenvalue weighted by molar-refractivity contribution is -0.130. The van der Waals surface area contributed by atoms with Crippen molar-refractivity contribution in [1.29, 1.82) is 0 Å². The Kier molecular flexibility index (Phi) is 5.25. The molecule has 0 unspecified atom stereocenters. The van der Waals surface area contributed by atoms with E-state index in [4.69, 9.17) is 16.3 Å². The van der Waals surface area contributed by atoms with E-state index in [2.05, 4.69) is 5.32 Å². The first-order chi connectivity index (χ1) is 8.04. The van der Waals surface area contributed by atoms with E-state index in [1.165, 1.54) is 4.90 Å². The van der Waals surface area contributed by atoms with Crippen LogP contribution < -0.4 is 10.1 Å². The van der Waals surface area contributed by atoms with Crippen LogP contribution in [0.5, 0.6) is 5.75 Å². The Morgan fingerprint density at radius 3 is 2.71 bits per heavy atom. The summed E-state index contributed by atoms with van der Waals surface area (Å²) in [6, 6.07) is 5.52. The molecular formula is C12H17ClN2O2. The van der Waals surface area contributed by atoms with E-state index in [0.29, 0.717) is 10.8 Å². The van der Waals surface area contributed by atoms with Crippen LogP contribution in [-0.2, 0) is 11.3 Å². The van der Waals surface area contributed by atoms with E-state index in [9.17, 15) is 4.79 Å². The first-order valence-electron chi connectivity index (χ1n) is 5.30. The Bertz CT molecular complexity index is 394. The fourth-order valence-corrected chi connectivity index (χ4v) is 1.50. The highest BCUT2D eigenvalue weighted by atomic mass is 35.5. The van der Waals surface area contributed by atoms with Gasteiger partial charge in [0.1, 0.15) is 5.75 Å². The zero-order valence-corrected chi connectivity index (χ0v) is 11.0. The predicted molar refractivity (Wildman–Crippen MR) is 68.4 cm³/mol. The second-order valence-corrected chi connectivity index (χ2v) is 4.28. The molecule has 5 heteroatoms. The Morgan fingerprint density at radius 1 is 1.47 bits per heavy atom. The van der Waals surface area contributed by atoms with Gasteiger partial charge in [0.15, 0.2) is 6.61 Å². The van der Waals surface area contributed by atoms with Crippen LogP contribution in [0.4, 0.5) is 0 Å². The lowest BCUT2D eigenvalue weighted by Crippen LogP contribution is -2.27. The summed E-state index contributed by atoms with van der Waals surface area (Å²) in [6.07, 6.45) is 0.